The lowest BCUT2D eigenvalue weighted by molar-refractivity contribution is -0.216. The molecule has 0 aliphatic heterocycles. The molecule has 0 fully saturated rings. The van der Waals surface area contributed by atoms with Gasteiger partial charge in [0, 0.05) is 6.54 Å². The SMILES string of the molecule is CC(C)CCN(C=O)OC(C)(C)C. The number of nitrogens with zero attached hydrogens (tertiary/aromatic N) is 1. The molecule has 3 nitrogen and oxygen atoms in total. The van der Waals surface area contributed by atoms with Crippen LogP contribution in [0.5, 0.6) is 0 Å². The Morgan fingerprint density at radius 2 is 1.92 bits per heavy atom. The number of carbonyl (C=O) groups is 1. The van der Waals surface area contributed by atoms with Crippen LogP contribution in [0.15, 0.2) is 0 Å². The van der Waals surface area contributed by atoms with E-state index >= 15 is 0 Å². The Kier molecular flexibility index (Phi) is 4.99. The Hall–Kier alpha value is -0.570. The third-order valence-electron chi connectivity index (χ3n) is 1.44. The first-order valence-corrected chi connectivity index (χ1v) is 4.76. The van der Waals surface area contributed by atoms with E-state index in [4.69, 9.17) is 4.84 Å². The maximum Gasteiger partial charge on any atom is 0.233 e. The fourth-order valence-electron chi connectivity index (χ4n) is 0.857. The summed E-state index contributed by atoms with van der Waals surface area (Å²) in [6, 6.07) is 0. The molecule has 0 spiro atoms. The molecule has 1 amide bonds. The van der Waals surface area contributed by atoms with Gasteiger partial charge in [0.25, 0.3) is 0 Å². The lowest BCUT2D eigenvalue weighted by atomic mass is 10.1. The number of amides is 1. The van der Waals surface area contributed by atoms with Crippen LogP contribution in [0.25, 0.3) is 0 Å². The van der Waals surface area contributed by atoms with E-state index in [1.54, 1.807) is 0 Å². The maximum absolute atomic E-state index is 10.6. The fraction of sp³-hybridized carbons (Fsp3) is 0.900. The topological polar surface area (TPSA) is 29.5 Å². The zero-order valence-corrected chi connectivity index (χ0v) is 9.33. The third-order valence-corrected chi connectivity index (χ3v) is 1.44. The summed E-state index contributed by atoms with van der Waals surface area (Å²) in [6.45, 7) is 10.7. The molecule has 0 saturated carbocycles. The van der Waals surface area contributed by atoms with Gasteiger partial charge < -0.3 is 0 Å². The summed E-state index contributed by atoms with van der Waals surface area (Å²) in [5.41, 5.74) is -0.294. The highest BCUT2D eigenvalue weighted by Gasteiger charge is 2.15. The second-order valence-electron chi connectivity index (χ2n) is 4.63. The van der Waals surface area contributed by atoms with Gasteiger partial charge in [-0.05, 0) is 33.1 Å². The molecule has 78 valence electrons. The Balaban J connectivity index is 3.83. The van der Waals surface area contributed by atoms with Crippen molar-refractivity contribution in [2.24, 2.45) is 5.92 Å². The first-order valence-electron chi connectivity index (χ1n) is 4.76. The Morgan fingerprint density at radius 3 is 2.23 bits per heavy atom. The van der Waals surface area contributed by atoms with Gasteiger partial charge in [-0.1, -0.05) is 13.8 Å². The minimum Gasteiger partial charge on any atom is -0.276 e. The Labute approximate surface area is 81.0 Å². The van der Waals surface area contributed by atoms with Crippen LogP contribution in [0, 0.1) is 5.92 Å². The summed E-state index contributed by atoms with van der Waals surface area (Å²) >= 11 is 0. The summed E-state index contributed by atoms with van der Waals surface area (Å²) in [5.74, 6) is 0.589. The van der Waals surface area contributed by atoms with Crippen molar-refractivity contribution in [1.82, 2.24) is 5.06 Å². The molecule has 0 aromatic heterocycles. The number of rotatable bonds is 5. The maximum atomic E-state index is 10.6. The first-order chi connectivity index (χ1) is 5.85. The first kappa shape index (κ1) is 12.4. The Morgan fingerprint density at radius 1 is 1.38 bits per heavy atom. The summed E-state index contributed by atoms with van der Waals surface area (Å²) in [7, 11) is 0. The zero-order valence-electron chi connectivity index (χ0n) is 9.33. The largest absolute Gasteiger partial charge is 0.276 e. The number of carbonyl (C=O) groups excluding carboxylic acids is 1. The van der Waals surface area contributed by atoms with Crippen LogP contribution in [0.3, 0.4) is 0 Å². The van der Waals surface area contributed by atoms with E-state index in [2.05, 4.69) is 13.8 Å². The summed E-state index contributed by atoms with van der Waals surface area (Å²) in [5, 5.41) is 1.38. The van der Waals surface area contributed by atoms with E-state index in [1.807, 2.05) is 20.8 Å². The molecule has 0 atom stereocenters. The molecule has 0 rings (SSSR count). The minimum atomic E-state index is -0.294. The summed E-state index contributed by atoms with van der Waals surface area (Å²) in [4.78, 5) is 16.0. The van der Waals surface area contributed by atoms with Crippen molar-refractivity contribution >= 4 is 6.41 Å². The quantitative estimate of drug-likeness (QED) is 0.488. The van der Waals surface area contributed by atoms with Gasteiger partial charge >= 0.3 is 0 Å². The van der Waals surface area contributed by atoms with Gasteiger partial charge in [-0.3, -0.25) is 9.63 Å². The second kappa shape index (κ2) is 5.22. The smallest absolute Gasteiger partial charge is 0.233 e. The molecule has 0 aromatic rings. The normalized spacial score (nSPS) is 11.8. The van der Waals surface area contributed by atoms with Gasteiger partial charge in [0.1, 0.15) is 0 Å². The minimum absolute atomic E-state index is 0.294. The zero-order chi connectivity index (χ0) is 10.5. The van der Waals surface area contributed by atoms with E-state index in [-0.39, 0.29) is 5.60 Å². The highest BCUT2D eigenvalue weighted by Crippen LogP contribution is 2.10. The Bertz CT molecular complexity index is 149. The van der Waals surface area contributed by atoms with Crippen molar-refractivity contribution in [3.63, 3.8) is 0 Å². The molecule has 0 aliphatic carbocycles. The van der Waals surface area contributed by atoms with Crippen molar-refractivity contribution in [3.05, 3.63) is 0 Å². The van der Waals surface area contributed by atoms with Crippen LogP contribution >= 0.6 is 0 Å². The van der Waals surface area contributed by atoms with E-state index in [0.29, 0.717) is 12.5 Å². The van der Waals surface area contributed by atoms with Crippen molar-refractivity contribution in [2.75, 3.05) is 6.54 Å². The van der Waals surface area contributed by atoms with Crippen molar-refractivity contribution in [2.45, 2.75) is 46.6 Å². The predicted molar refractivity (Wildman–Crippen MR) is 53.1 cm³/mol. The van der Waals surface area contributed by atoms with Crippen LogP contribution in [-0.2, 0) is 9.63 Å². The number of hydroxylamine groups is 2. The third kappa shape index (κ3) is 7.78. The molecular formula is C10H21NO2. The monoisotopic (exact) mass is 187 g/mol. The molecular weight excluding hydrogens is 166 g/mol. The van der Waals surface area contributed by atoms with Gasteiger partial charge in [0.15, 0.2) is 0 Å². The van der Waals surface area contributed by atoms with E-state index in [0.717, 1.165) is 12.8 Å². The van der Waals surface area contributed by atoms with Gasteiger partial charge in [-0.2, -0.15) is 0 Å². The van der Waals surface area contributed by atoms with Gasteiger partial charge in [0.05, 0.1) is 5.60 Å². The van der Waals surface area contributed by atoms with E-state index in [1.165, 1.54) is 5.06 Å². The standard InChI is InChI=1S/C10H21NO2/c1-9(2)6-7-11(8-12)13-10(3,4)5/h8-9H,6-7H2,1-5H3. The molecule has 0 unspecified atom stereocenters. The van der Waals surface area contributed by atoms with Crippen LogP contribution in [-0.4, -0.2) is 23.6 Å². The van der Waals surface area contributed by atoms with E-state index in [9.17, 15) is 4.79 Å². The molecule has 0 heterocycles. The molecule has 0 radical (unpaired) electrons. The van der Waals surface area contributed by atoms with Gasteiger partial charge in [0.2, 0.25) is 6.41 Å². The second-order valence-corrected chi connectivity index (χ2v) is 4.63. The predicted octanol–water partition coefficient (Wildman–Crippen LogP) is 2.22. The fourth-order valence-corrected chi connectivity index (χ4v) is 0.857. The molecule has 0 N–H and O–H groups in total. The van der Waals surface area contributed by atoms with E-state index < -0.39 is 0 Å². The average molecular weight is 187 g/mol. The lowest BCUT2D eigenvalue weighted by Gasteiger charge is -2.27. The molecule has 0 bridgehead atoms. The van der Waals surface area contributed by atoms with Crippen LogP contribution in [0.4, 0.5) is 0 Å². The lowest BCUT2D eigenvalue weighted by Crippen LogP contribution is -2.34. The average Bonchev–Trinajstić information content (AvgIpc) is 1.95. The van der Waals surface area contributed by atoms with Gasteiger partial charge in [-0.25, -0.2) is 5.06 Å². The van der Waals surface area contributed by atoms with Crippen molar-refractivity contribution in [1.29, 1.82) is 0 Å². The highest BCUT2D eigenvalue weighted by molar-refractivity contribution is 5.44. The number of hydrogen-bond acceptors (Lipinski definition) is 2. The van der Waals surface area contributed by atoms with Crippen molar-refractivity contribution < 1.29 is 9.63 Å². The highest BCUT2D eigenvalue weighted by atomic mass is 16.7. The molecule has 13 heavy (non-hydrogen) atoms. The summed E-state index contributed by atoms with van der Waals surface area (Å²) < 4.78 is 0. The summed E-state index contributed by atoms with van der Waals surface area (Å²) in [6.07, 6.45) is 1.71. The molecule has 3 heteroatoms. The molecule has 0 saturated heterocycles. The number of hydrogen-bond donors (Lipinski definition) is 0. The molecule has 0 aliphatic rings. The van der Waals surface area contributed by atoms with Crippen molar-refractivity contribution in [3.8, 4) is 0 Å². The van der Waals surface area contributed by atoms with Gasteiger partial charge in [-0.15, -0.1) is 0 Å². The van der Waals surface area contributed by atoms with Crippen LogP contribution < -0.4 is 0 Å². The van der Waals surface area contributed by atoms with Crippen LogP contribution in [0.1, 0.15) is 41.0 Å². The molecule has 0 aromatic carbocycles. The van der Waals surface area contributed by atoms with Crippen LogP contribution in [0.2, 0.25) is 0 Å².